The molecule has 0 aliphatic carbocycles. The molecule has 0 saturated carbocycles. The topological polar surface area (TPSA) is 49.4 Å². The average molecular weight is 298 g/mol. The molecule has 1 aromatic rings. The number of nitrogens with zero attached hydrogens (tertiary/aromatic N) is 1. The van der Waals surface area contributed by atoms with Crippen LogP contribution in [0.2, 0.25) is 0 Å². The van der Waals surface area contributed by atoms with E-state index < -0.39 is 9.84 Å². The van der Waals surface area contributed by atoms with E-state index in [2.05, 4.69) is 44.3 Å². The molecular formula is C15H26N2O2S. The largest absolute Gasteiger partial charge is 0.373 e. The summed E-state index contributed by atoms with van der Waals surface area (Å²) in [6.07, 6.45) is 1.27. The fraction of sp³-hybridized carbons (Fsp3) is 0.600. The van der Waals surface area contributed by atoms with Gasteiger partial charge in [-0.15, -0.1) is 0 Å². The van der Waals surface area contributed by atoms with Crippen molar-refractivity contribution in [3.8, 4) is 0 Å². The van der Waals surface area contributed by atoms with Crippen LogP contribution in [0.5, 0.6) is 0 Å². The first-order valence-corrected chi connectivity index (χ1v) is 8.97. The smallest absolute Gasteiger partial charge is 0.149 e. The number of nitrogens with one attached hydrogen (secondary N) is 1. The zero-order chi connectivity index (χ0) is 15.3. The Kier molecular flexibility index (Phi) is 6.02. The van der Waals surface area contributed by atoms with Crippen LogP contribution < -0.4 is 10.2 Å². The molecule has 0 atom stereocenters. The van der Waals surface area contributed by atoms with E-state index in [0.717, 1.165) is 12.2 Å². The monoisotopic (exact) mass is 298 g/mol. The lowest BCUT2D eigenvalue weighted by molar-refractivity contribution is 0.588. The average Bonchev–Trinajstić information content (AvgIpc) is 2.32. The summed E-state index contributed by atoms with van der Waals surface area (Å²) >= 11 is 0. The van der Waals surface area contributed by atoms with E-state index in [1.807, 2.05) is 11.9 Å². The number of rotatable bonds is 7. The standard InChI is InChI=1S/C15H26N2O2S/c1-12(2)16-11-14-6-7-15(13(3)10-14)17(4)8-9-20(5,18)19/h6-7,10,12,16H,8-9,11H2,1-5H3. The van der Waals surface area contributed by atoms with Crippen molar-refractivity contribution in [3.05, 3.63) is 29.3 Å². The van der Waals surface area contributed by atoms with E-state index in [9.17, 15) is 8.42 Å². The van der Waals surface area contributed by atoms with Crippen LogP contribution in [0.15, 0.2) is 18.2 Å². The van der Waals surface area contributed by atoms with Gasteiger partial charge >= 0.3 is 0 Å². The Morgan fingerprint density at radius 2 is 1.95 bits per heavy atom. The van der Waals surface area contributed by atoms with Gasteiger partial charge in [0, 0.05) is 38.1 Å². The molecule has 0 aliphatic heterocycles. The Bertz CT molecular complexity index is 539. The maximum atomic E-state index is 11.2. The molecule has 0 unspecified atom stereocenters. The van der Waals surface area contributed by atoms with Crippen molar-refractivity contribution < 1.29 is 8.42 Å². The maximum absolute atomic E-state index is 11.2. The van der Waals surface area contributed by atoms with E-state index >= 15 is 0 Å². The Morgan fingerprint density at radius 3 is 2.45 bits per heavy atom. The molecule has 1 aromatic carbocycles. The Labute approximate surface area is 123 Å². The van der Waals surface area contributed by atoms with E-state index in [1.54, 1.807) is 0 Å². The number of benzene rings is 1. The first-order valence-electron chi connectivity index (χ1n) is 6.91. The summed E-state index contributed by atoms with van der Waals surface area (Å²) in [5.41, 5.74) is 3.50. The molecule has 0 aliphatic rings. The van der Waals surface area contributed by atoms with Crippen LogP contribution >= 0.6 is 0 Å². The van der Waals surface area contributed by atoms with Crippen LogP contribution in [0.1, 0.15) is 25.0 Å². The van der Waals surface area contributed by atoms with E-state index in [-0.39, 0.29) is 5.75 Å². The van der Waals surface area contributed by atoms with Crippen molar-refractivity contribution in [3.63, 3.8) is 0 Å². The molecule has 0 saturated heterocycles. The van der Waals surface area contributed by atoms with Gasteiger partial charge in [-0.25, -0.2) is 8.42 Å². The number of hydrogen-bond acceptors (Lipinski definition) is 4. The highest BCUT2D eigenvalue weighted by Gasteiger charge is 2.09. The van der Waals surface area contributed by atoms with Gasteiger partial charge in [0.05, 0.1) is 5.75 Å². The van der Waals surface area contributed by atoms with Crippen LogP contribution in [0.4, 0.5) is 5.69 Å². The van der Waals surface area contributed by atoms with E-state index in [0.29, 0.717) is 12.6 Å². The summed E-state index contributed by atoms with van der Waals surface area (Å²) < 4.78 is 22.4. The van der Waals surface area contributed by atoms with Gasteiger partial charge in [0.2, 0.25) is 0 Å². The second-order valence-corrected chi connectivity index (χ2v) is 7.97. The normalized spacial score (nSPS) is 11.9. The summed E-state index contributed by atoms with van der Waals surface area (Å²) in [5.74, 6) is 0.180. The molecule has 0 fully saturated rings. The molecule has 0 radical (unpaired) electrons. The van der Waals surface area contributed by atoms with Crippen LogP contribution in [0, 0.1) is 6.92 Å². The van der Waals surface area contributed by atoms with Gasteiger partial charge in [-0.2, -0.15) is 0 Å². The highest BCUT2D eigenvalue weighted by atomic mass is 32.2. The van der Waals surface area contributed by atoms with E-state index in [1.165, 1.54) is 17.4 Å². The third-order valence-electron chi connectivity index (χ3n) is 3.18. The second kappa shape index (κ2) is 7.09. The van der Waals surface area contributed by atoms with Crippen molar-refractivity contribution in [1.29, 1.82) is 0 Å². The molecule has 0 heterocycles. The zero-order valence-corrected chi connectivity index (χ0v) is 13.9. The minimum atomic E-state index is -2.92. The summed E-state index contributed by atoms with van der Waals surface area (Å²) in [6.45, 7) is 7.68. The van der Waals surface area contributed by atoms with E-state index in [4.69, 9.17) is 0 Å². The van der Waals surface area contributed by atoms with Crippen molar-refractivity contribution in [2.24, 2.45) is 0 Å². The lowest BCUT2D eigenvalue weighted by Crippen LogP contribution is -2.25. The molecule has 4 nitrogen and oxygen atoms in total. The summed E-state index contributed by atoms with van der Waals surface area (Å²) in [6, 6.07) is 6.78. The van der Waals surface area contributed by atoms with Crippen LogP contribution in [0.3, 0.4) is 0 Å². The molecule has 0 bridgehead atoms. The minimum absolute atomic E-state index is 0.180. The molecule has 20 heavy (non-hydrogen) atoms. The third-order valence-corrected chi connectivity index (χ3v) is 4.11. The number of anilines is 1. The van der Waals surface area contributed by atoms with Gasteiger partial charge < -0.3 is 10.2 Å². The van der Waals surface area contributed by atoms with Crippen molar-refractivity contribution in [2.75, 3.05) is 30.5 Å². The molecular weight excluding hydrogens is 272 g/mol. The molecule has 114 valence electrons. The molecule has 0 aromatic heterocycles. The van der Waals surface area contributed by atoms with Gasteiger partial charge in [-0.1, -0.05) is 26.0 Å². The first-order chi connectivity index (χ1) is 9.19. The summed E-state index contributed by atoms with van der Waals surface area (Å²) in [4.78, 5) is 2.00. The van der Waals surface area contributed by atoms with Crippen molar-refractivity contribution in [1.82, 2.24) is 5.32 Å². The second-order valence-electron chi connectivity index (χ2n) is 5.71. The fourth-order valence-electron chi connectivity index (χ4n) is 2.00. The van der Waals surface area contributed by atoms with Crippen LogP contribution in [-0.4, -0.2) is 40.1 Å². The van der Waals surface area contributed by atoms with Gasteiger partial charge in [0.1, 0.15) is 9.84 Å². The lowest BCUT2D eigenvalue weighted by atomic mass is 10.1. The predicted octanol–water partition coefficient (Wildman–Crippen LogP) is 1.97. The van der Waals surface area contributed by atoms with Crippen molar-refractivity contribution >= 4 is 15.5 Å². The Balaban J connectivity index is 2.72. The molecule has 1 N–H and O–H groups in total. The highest BCUT2D eigenvalue weighted by Crippen LogP contribution is 2.20. The maximum Gasteiger partial charge on any atom is 0.149 e. The third kappa shape index (κ3) is 5.92. The molecule has 5 heteroatoms. The fourth-order valence-corrected chi connectivity index (χ4v) is 2.61. The highest BCUT2D eigenvalue weighted by molar-refractivity contribution is 7.90. The number of hydrogen-bond donors (Lipinski definition) is 1. The summed E-state index contributed by atoms with van der Waals surface area (Å²) in [5, 5.41) is 3.39. The molecule has 1 rings (SSSR count). The molecule has 0 amide bonds. The Morgan fingerprint density at radius 1 is 1.30 bits per heavy atom. The lowest BCUT2D eigenvalue weighted by Gasteiger charge is -2.21. The van der Waals surface area contributed by atoms with Crippen LogP contribution in [-0.2, 0) is 16.4 Å². The number of sulfone groups is 1. The van der Waals surface area contributed by atoms with Gasteiger partial charge in [0.25, 0.3) is 0 Å². The predicted molar refractivity (Wildman–Crippen MR) is 86.1 cm³/mol. The Hall–Kier alpha value is -1.07. The van der Waals surface area contributed by atoms with Gasteiger partial charge in [-0.05, 0) is 24.1 Å². The van der Waals surface area contributed by atoms with Gasteiger partial charge in [0.15, 0.2) is 0 Å². The summed E-state index contributed by atoms with van der Waals surface area (Å²) in [7, 11) is -0.988. The SMILES string of the molecule is Cc1cc(CNC(C)C)ccc1N(C)CCS(C)(=O)=O. The zero-order valence-electron chi connectivity index (χ0n) is 13.1. The minimum Gasteiger partial charge on any atom is -0.373 e. The number of aryl methyl sites for hydroxylation is 1. The van der Waals surface area contributed by atoms with Crippen LogP contribution in [0.25, 0.3) is 0 Å². The molecule has 0 spiro atoms. The quantitative estimate of drug-likeness (QED) is 0.836. The van der Waals surface area contributed by atoms with Gasteiger partial charge in [-0.3, -0.25) is 0 Å². The first kappa shape index (κ1) is 17.0. The van der Waals surface area contributed by atoms with Crippen molar-refractivity contribution in [2.45, 2.75) is 33.4 Å².